The average Bonchev–Trinajstić information content (AvgIpc) is 2.53. The molecule has 0 amide bonds. The molecule has 0 saturated carbocycles. The molecule has 7 heteroatoms. The molecule has 0 aliphatic heterocycles. The summed E-state index contributed by atoms with van der Waals surface area (Å²) in [5.41, 5.74) is 0.674. The van der Waals surface area contributed by atoms with Gasteiger partial charge in [-0.25, -0.2) is 13.1 Å². The van der Waals surface area contributed by atoms with Crippen LogP contribution in [0.25, 0.3) is 0 Å². The van der Waals surface area contributed by atoms with Crippen LogP contribution in [0.4, 0.5) is 0 Å². The molecule has 0 spiro atoms. The van der Waals surface area contributed by atoms with Gasteiger partial charge in [0.1, 0.15) is 0 Å². The Balaban J connectivity index is 2.06. The molecule has 0 fully saturated rings. The largest absolute Gasteiger partial charge is 0.387 e. The van der Waals surface area contributed by atoms with Gasteiger partial charge in [0.15, 0.2) is 0 Å². The van der Waals surface area contributed by atoms with Crippen LogP contribution >= 0.6 is 27.7 Å². The number of halogens is 1. The number of nitrogens with one attached hydrogen (secondary N) is 1. The molecule has 0 saturated heterocycles. The van der Waals surface area contributed by atoms with Gasteiger partial charge in [-0.3, -0.25) is 0 Å². The molecule has 2 N–H and O–H groups in total. The van der Waals surface area contributed by atoms with Gasteiger partial charge in [-0.15, -0.1) is 11.8 Å². The Kier molecular flexibility index (Phi) is 6.05. The van der Waals surface area contributed by atoms with Gasteiger partial charge in [0.2, 0.25) is 10.0 Å². The van der Waals surface area contributed by atoms with E-state index in [4.69, 9.17) is 0 Å². The van der Waals surface area contributed by atoms with E-state index < -0.39 is 16.1 Å². The van der Waals surface area contributed by atoms with E-state index >= 15 is 0 Å². The second-order valence-electron chi connectivity index (χ2n) is 4.57. The van der Waals surface area contributed by atoms with Crippen LogP contribution in [0.1, 0.15) is 11.7 Å². The SMILES string of the molecule is CSc1ccc(C(O)CNS(=O)(=O)c2ccccc2Br)cc1. The predicted octanol–water partition coefficient (Wildman–Crippen LogP) is 3.18. The van der Waals surface area contributed by atoms with Crippen molar-refractivity contribution in [1.29, 1.82) is 0 Å². The first kappa shape index (κ1) is 17.5. The number of rotatable bonds is 6. The molecule has 0 bridgehead atoms. The molecule has 4 nitrogen and oxygen atoms in total. The number of hydrogen-bond acceptors (Lipinski definition) is 4. The Morgan fingerprint density at radius 2 is 1.82 bits per heavy atom. The molecule has 2 aromatic carbocycles. The van der Waals surface area contributed by atoms with Crippen LogP contribution in [-0.4, -0.2) is 26.3 Å². The molecule has 118 valence electrons. The topological polar surface area (TPSA) is 66.4 Å². The number of hydrogen-bond donors (Lipinski definition) is 2. The van der Waals surface area contributed by atoms with Gasteiger partial charge in [-0.2, -0.15) is 0 Å². The number of thioether (sulfide) groups is 1. The Morgan fingerprint density at radius 3 is 2.41 bits per heavy atom. The van der Waals surface area contributed by atoms with Crippen LogP contribution in [-0.2, 0) is 10.0 Å². The number of sulfonamides is 1. The van der Waals surface area contributed by atoms with E-state index in [0.717, 1.165) is 4.90 Å². The monoisotopic (exact) mass is 401 g/mol. The Labute approximate surface area is 143 Å². The summed E-state index contributed by atoms with van der Waals surface area (Å²) in [6, 6.07) is 13.9. The molecule has 2 aromatic rings. The van der Waals surface area contributed by atoms with Gasteiger partial charge in [0.05, 0.1) is 11.0 Å². The lowest BCUT2D eigenvalue weighted by Crippen LogP contribution is -2.28. The van der Waals surface area contributed by atoms with E-state index in [-0.39, 0.29) is 11.4 Å². The molecule has 0 aromatic heterocycles. The summed E-state index contributed by atoms with van der Waals surface area (Å²) < 4.78 is 27.4. The first-order valence-corrected chi connectivity index (χ1v) is 10.0. The van der Waals surface area contributed by atoms with Crippen molar-refractivity contribution in [2.45, 2.75) is 15.9 Å². The third-order valence-electron chi connectivity index (χ3n) is 3.09. The van der Waals surface area contributed by atoms with E-state index in [0.29, 0.717) is 10.0 Å². The van der Waals surface area contributed by atoms with E-state index in [9.17, 15) is 13.5 Å². The van der Waals surface area contributed by atoms with E-state index in [1.807, 2.05) is 18.4 Å². The zero-order valence-corrected chi connectivity index (χ0v) is 15.1. The average molecular weight is 402 g/mol. The minimum atomic E-state index is -3.67. The highest BCUT2D eigenvalue weighted by Gasteiger charge is 2.18. The molecular formula is C15H16BrNO3S2. The smallest absolute Gasteiger partial charge is 0.241 e. The second kappa shape index (κ2) is 7.61. The molecule has 22 heavy (non-hydrogen) atoms. The second-order valence-corrected chi connectivity index (χ2v) is 8.04. The normalized spacial score (nSPS) is 13.0. The summed E-state index contributed by atoms with van der Waals surface area (Å²) >= 11 is 4.82. The lowest BCUT2D eigenvalue weighted by molar-refractivity contribution is 0.182. The van der Waals surface area contributed by atoms with Crippen molar-refractivity contribution in [3.05, 3.63) is 58.6 Å². The van der Waals surface area contributed by atoms with E-state index in [1.54, 1.807) is 42.1 Å². The van der Waals surface area contributed by atoms with Gasteiger partial charge >= 0.3 is 0 Å². The van der Waals surface area contributed by atoms with Crippen molar-refractivity contribution >= 4 is 37.7 Å². The lowest BCUT2D eigenvalue weighted by Gasteiger charge is -2.13. The minimum absolute atomic E-state index is 0.0811. The first-order valence-electron chi connectivity index (χ1n) is 6.50. The zero-order valence-electron chi connectivity index (χ0n) is 11.9. The number of aliphatic hydroxyl groups excluding tert-OH is 1. The van der Waals surface area contributed by atoms with Gasteiger partial charge in [-0.05, 0) is 52.0 Å². The summed E-state index contributed by atoms with van der Waals surface area (Å²) in [5, 5.41) is 10.1. The third-order valence-corrected chi connectivity index (χ3v) is 6.27. The molecule has 0 aliphatic carbocycles. The van der Waals surface area contributed by atoms with Crippen LogP contribution in [0.5, 0.6) is 0 Å². The van der Waals surface area contributed by atoms with Crippen LogP contribution in [0.15, 0.2) is 62.8 Å². The van der Waals surface area contributed by atoms with Crippen molar-refractivity contribution < 1.29 is 13.5 Å². The highest BCUT2D eigenvalue weighted by atomic mass is 79.9. The maximum atomic E-state index is 12.2. The Morgan fingerprint density at radius 1 is 1.18 bits per heavy atom. The molecule has 0 aliphatic rings. The minimum Gasteiger partial charge on any atom is -0.387 e. The highest BCUT2D eigenvalue weighted by molar-refractivity contribution is 9.10. The highest BCUT2D eigenvalue weighted by Crippen LogP contribution is 2.22. The molecule has 1 unspecified atom stereocenters. The summed E-state index contributed by atoms with van der Waals surface area (Å²) in [7, 11) is -3.67. The standard InChI is InChI=1S/C15H16BrNO3S2/c1-21-12-8-6-11(7-9-12)14(18)10-17-22(19,20)15-5-3-2-4-13(15)16/h2-9,14,17-18H,10H2,1H3. The van der Waals surface area contributed by atoms with Crippen molar-refractivity contribution in [1.82, 2.24) is 4.72 Å². The Bertz CT molecular complexity index is 733. The van der Waals surface area contributed by atoms with Crippen LogP contribution in [0.2, 0.25) is 0 Å². The van der Waals surface area contributed by atoms with Gasteiger partial charge in [-0.1, -0.05) is 24.3 Å². The zero-order chi connectivity index (χ0) is 16.2. The fraction of sp³-hybridized carbons (Fsp3) is 0.200. The van der Waals surface area contributed by atoms with Gasteiger partial charge in [0, 0.05) is 15.9 Å². The predicted molar refractivity (Wildman–Crippen MR) is 92.5 cm³/mol. The van der Waals surface area contributed by atoms with Crippen LogP contribution in [0, 0.1) is 0 Å². The fourth-order valence-corrected chi connectivity index (χ4v) is 4.32. The maximum Gasteiger partial charge on any atom is 0.241 e. The number of benzene rings is 2. The summed E-state index contributed by atoms with van der Waals surface area (Å²) in [5.74, 6) is 0. The maximum absolute atomic E-state index is 12.2. The molecule has 1 atom stereocenters. The van der Waals surface area contributed by atoms with Gasteiger partial charge in [0.25, 0.3) is 0 Å². The van der Waals surface area contributed by atoms with Crippen molar-refractivity contribution in [2.24, 2.45) is 0 Å². The van der Waals surface area contributed by atoms with Crippen molar-refractivity contribution in [3.8, 4) is 0 Å². The third kappa shape index (κ3) is 4.33. The molecule has 2 rings (SSSR count). The van der Waals surface area contributed by atoms with Crippen molar-refractivity contribution in [2.75, 3.05) is 12.8 Å². The summed E-state index contributed by atoms with van der Waals surface area (Å²) in [6.45, 7) is -0.0811. The Hall–Kier alpha value is -0.860. The van der Waals surface area contributed by atoms with E-state index in [1.165, 1.54) is 6.07 Å². The number of aliphatic hydroxyl groups is 1. The van der Waals surface area contributed by atoms with Crippen LogP contribution < -0.4 is 4.72 Å². The first-order chi connectivity index (χ1) is 10.4. The summed E-state index contributed by atoms with van der Waals surface area (Å²) in [6.07, 6.45) is 1.07. The fourth-order valence-electron chi connectivity index (χ4n) is 1.87. The van der Waals surface area contributed by atoms with E-state index in [2.05, 4.69) is 20.7 Å². The van der Waals surface area contributed by atoms with Gasteiger partial charge < -0.3 is 5.11 Å². The molecule has 0 radical (unpaired) electrons. The van der Waals surface area contributed by atoms with Crippen molar-refractivity contribution in [3.63, 3.8) is 0 Å². The molecular weight excluding hydrogens is 386 g/mol. The summed E-state index contributed by atoms with van der Waals surface area (Å²) in [4.78, 5) is 1.24. The van der Waals surface area contributed by atoms with Crippen LogP contribution in [0.3, 0.4) is 0 Å². The quantitative estimate of drug-likeness (QED) is 0.729. The molecule has 0 heterocycles. The lowest BCUT2D eigenvalue weighted by atomic mass is 10.1.